The van der Waals surface area contributed by atoms with E-state index in [0.29, 0.717) is 24.7 Å². The van der Waals surface area contributed by atoms with E-state index in [1.54, 1.807) is 0 Å². The monoisotopic (exact) mass is 760 g/mol. The molecule has 0 amide bonds. The Hall–Kier alpha value is -2.34. The number of hydrogen-bond acceptors (Lipinski definition) is 6. The first-order chi connectivity index (χ1) is 23.5. The second-order valence-electron chi connectivity index (χ2n) is 16.0. The summed E-state index contributed by atoms with van der Waals surface area (Å²) in [6.07, 6.45) is 4.05. The van der Waals surface area contributed by atoms with Crippen molar-refractivity contribution in [2.75, 3.05) is 0 Å². The molecule has 5 rings (SSSR count). The quantitative estimate of drug-likeness (QED) is 0.199. The van der Waals surface area contributed by atoms with Gasteiger partial charge < -0.3 is 9.47 Å². The fraction of sp³-hybridized carbons (Fsp3) is 0.692. The second kappa shape index (κ2) is 14.1. The van der Waals surface area contributed by atoms with E-state index >= 15 is 26.3 Å². The molecule has 2 fully saturated rings. The van der Waals surface area contributed by atoms with Gasteiger partial charge in [0.1, 0.15) is 22.0 Å². The number of alkyl halides is 6. The van der Waals surface area contributed by atoms with E-state index in [1.165, 1.54) is 27.7 Å². The van der Waals surface area contributed by atoms with Gasteiger partial charge in [-0.25, -0.2) is 9.59 Å². The number of hydrogen-bond donors (Lipinski definition) is 0. The average Bonchev–Trinajstić information content (AvgIpc) is 3.51. The normalized spacial score (nSPS) is 28.8. The van der Waals surface area contributed by atoms with Crippen LogP contribution in [0.25, 0.3) is 11.1 Å². The number of esters is 2. The van der Waals surface area contributed by atoms with Crippen molar-refractivity contribution >= 4 is 45.8 Å². The molecule has 2 saturated carbocycles. The summed E-state index contributed by atoms with van der Waals surface area (Å²) in [6.45, 7) is 17.6. The minimum atomic E-state index is -5.79. The molecular formula is C39H50F6O4S2. The van der Waals surface area contributed by atoms with Crippen LogP contribution in [-0.2, 0) is 9.47 Å². The Balaban J connectivity index is 1.61. The highest BCUT2D eigenvalue weighted by Gasteiger charge is 2.80. The number of aryl methyl sites for hydroxylation is 2. The summed E-state index contributed by atoms with van der Waals surface area (Å²) in [5, 5.41) is 0. The number of carbonyl (C=O) groups is 2. The molecule has 6 unspecified atom stereocenters. The molecule has 0 radical (unpaired) electrons. The van der Waals surface area contributed by atoms with Crippen LogP contribution in [0.1, 0.15) is 131 Å². The Labute approximate surface area is 305 Å². The van der Waals surface area contributed by atoms with Crippen molar-refractivity contribution in [2.24, 2.45) is 35.5 Å². The first-order valence-electron chi connectivity index (χ1n) is 18.1. The van der Waals surface area contributed by atoms with E-state index in [0.717, 1.165) is 48.4 Å². The van der Waals surface area contributed by atoms with Gasteiger partial charge in [0, 0.05) is 32.0 Å². The first-order valence-corrected chi connectivity index (χ1v) is 19.7. The second-order valence-corrected chi connectivity index (χ2v) is 18.4. The van der Waals surface area contributed by atoms with Gasteiger partial charge >= 0.3 is 29.7 Å². The highest BCUT2D eigenvalue weighted by atomic mass is 32.1. The van der Waals surface area contributed by atoms with Crippen LogP contribution in [-0.4, -0.2) is 41.9 Å². The van der Waals surface area contributed by atoms with E-state index in [2.05, 4.69) is 13.8 Å². The molecule has 0 N–H and O–H groups in total. The SMILES string of the molecule is Cc1sc(C(=O)OC2CC(C)CCC2C(C)C)c(C)c1C1=C(c2c(C)sc(C(=O)OC3CC(C)CCC3C(C)C)c2C)C(F)(F)C(F)(F)C1(F)F. The van der Waals surface area contributed by atoms with E-state index in [1.807, 2.05) is 27.7 Å². The molecular weight excluding hydrogens is 711 g/mol. The minimum absolute atomic E-state index is 0.00820. The highest BCUT2D eigenvalue weighted by Crippen LogP contribution is 2.66. The highest BCUT2D eigenvalue weighted by molar-refractivity contribution is 7.14. The third kappa shape index (κ3) is 6.71. The van der Waals surface area contributed by atoms with Crippen molar-refractivity contribution in [3.63, 3.8) is 0 Å². The Kier molecular flexibility index (Phi) is 11.1. The maximum atomic E-state index is 16.0. The van der Waals surface area contributed by atoms with Crippen LogP contribution in [0.15, 0.2) is 0 Å². The molecule has 284 valence electrons. The lowest BCUT2D eigenvalue weighted by molar-refractivity contribution is -0.254. The molecule has 0 bridgehead atoms. The summed E-state index contributed by atoms with van der Waals surface area (Å²) in [5.41, 5.74) is -4.34. The van der Waals surface area contributed by atoms with Crippen molar-refractivity contribution in [3.05, 3.63) is 41.8 Å². The fourth-order valence-electron chi connectivity index (χ4n) is 8.70. The van der Waals surface area contributed by atoms with E-state index in [9.17, 15) is 9.59 Å². The molecule has 2 aromatic heterocycles. The molecule has 2 aromatic rings. The average molecular weight is 761 g/mol. The minimum Gasteiger partial charge on any atom is -0.458 e. The molecule has 2 heterocycles. The number of allylic oxidation sites excluding steroid dienone is 2. The third-order valence-corrected chi connectivity index (χ3v) is 14.0. The molecule has 0 aromatic carbocycles. The van der Waals surface area contributed by atoms with Crippen LogP contribution in [0, 0.1) is 63.2 Å². The zero-order chi connectivity index (χ0) is 38.1. The molecule has 0 aliphatic heterocycles. The molecule has 3 aliphatic rings. The molecule has 0 saturated heterocycles. The summed E-state index contributed by atoms with van der Waals surface area (Å²) in [7, 11) is 0. The number of ether oxygens (including phenoxy) is 2. The third-order valence-electron chi connectivity index (χ3n) is 11.6. The lowest BCUT2D eigenvalue weighted by atomic mass is 9.75. The van der Waals surface area contributed by atoms with Crippen LogP contribution < -0.4 is 0 Å². The van der Waals surface area contributed by atoms with Crippen LogP contribution in [0.5, 0.6) is 0 Å². The maximum Gasteiger partial charge on any atom is 0.380 e. The molecule has 3 aliphatic carbocycles. The Bertz CT molecular complexity index is 1580. The number of carbonyl (C=O) groups excluding carboxylic acids is 2. The lowest BCUT2D eigenvalue weighted by Gasteiger charge is -2.36. The topological polar surface area (TPSA) is 52.6 Å². The molecule has 12 heteroatoms. The van der Waals surface area contributed by atoms with Crippen LogP contribution in [0.3, 0.4) is 0 Å². The zero-order valence-electron chi connectivity index (χ0n) is 31.1. The molecule has 0 spiro atoms. The van der Waals surface area contributed by atoms with Gasteiger partial charge in [-0.3, -0.25) is 0 Å². The summed E-state index contributed by atoms with van der Waals surface area (Å²) < 4.78 is 107. The predicted molar refractivity (Wildman–Crippen MR) is 190 cm³/mol. The van der Waals surface area contributed by atoms with Gasteiger partial charge in [0.15, 0.2) is 0 Å². The largest absolute Gasteiger partial charge is 0.458 e. The van der Waals surface area contributed by atoms with Crippen LogP contribution in [0.2, 0.25) is 0 Å². The molecule has 4 nitrogen and oxygen atoms in total. The summed E-state index contributed by atoms with van der Waals surface area (Å²) in [4.78, 5) is 27.1. The van der Waals surface area contributed by atoms with E-state index in [-0.39, 0.29) is 54.3 Å². The zero-order valence-corrected chi connectivity index (χ0v) is 32.7. The van der Waals surface area contributed by atoms with Crippen LogP contribution in [0.4, 0.5) is 26.3 Å². The Morgan fingerprint density at radius 1 is 0.627 bits per heavy atom. The van der Waals surface area contributed by atoms with Crippen molar-refractivity contribution in [1.29, 1.82) is 0 Å². The molecule has 51 heavy (non-hydrogen) atoms. The van der Waals surface area contributed by atoms with Gasteiger partial charge in [-0.05, 0) is 100 Å². The van der Waals surface area contributed by atoms with E-state index in [4.69, 9.17) is 9.47 Å². The predicted octanol–water partition coefficient (Wildman–Crippen LogP) is 12.1. The summed E-state index contributed by atoms with van der Waals surface area (Å²) in [5.74, 6) is -16.8. The van der Waals surface area contributed by atoms with Crippen molar-refractivity contribution in [2.45, 2.75) is 138 Å². The Morgan fingerprint density at radius 3 is 1.27 bits per heavy atom. The van der Waals surface area contributed by atoms with Gasteiger partial charge in [-0.2, -0.15) is 26.3 Å². The van der Waals surface area contributed by atoms with Gasteiger partial charge in [0.2, 0.25) is 0 Å². The summed E-state index contributed by atoms with van der Waals surface area (Å²) in [6, 6.07) is 0. The number of rotatable bonds is 8. The van der Waals surface area contributed by atoms with Crippen LogP contribution >= 0.6 is 22.7 Å². The number of halogens is 6. The summed E-state index contributed by atoms with van der Waals surface area (Å²) >= 11 is 1.54. The van der Waals surface area contributed by atoms with Gasteiger partial charge in [-0.1, -0.05) is 54.4 Å². The van der Waals surface area contributed by atoms with Gasteiger partial charge in [0.05, 0.1) is 0 Å². The molecule has 6 atom stereocenters. The van der Waals surface area contributed by atoms with Crippen molar-refractivity contribution in [1.82, 2.24) is 0 Å². The smallest absolute Gasteiger partial charge is 0.380 e. The fourth-order valence-corrected chi connectivity index (χ4v) is 10.8. The number of thiophene rings is 2. The Morgan fingerprint density at radius 2 is 0.961 bits per heavy atom. The lowest BCUT2D eigenvalue weighted by Crippen LogP contribution is -2.49. The van der Waals surface area contributed by atoms with Gasteiger partial charge in [0.25, 0.3) is 0 Å². The first kappa shape index (κ1) is 39.9. The van der Waals surface area contributed by atoms with Gasteiger partial charge in [-0.15, -0.1) is 22.7 Å². The standard InChI is InChI=1S/C39H50F6O4S2/c1-17(2)25-13-11-19(5)15-27(25)48-35(46)33-21(7)29(23(9)50-33)31-32(38(42,43)39(44,45)37(31,40)41)30-22(8)34(51-24(30)10)36(47)49-28-16-20(6)12-14-26(28)18(3)4/h17-20,25-28H,11-16H2,1-10H3. The maximum absolute atomic E-state index is 16.0. The van der Waals surface area contributed by atoms with Crippen molar-refractivity contribution < 1.29 is 45.4 Å². The van der Waals surface area contributed by atoms with Crippen molar-refractivity contribution in [3.8, 4) is 0 Å². The van der Waals surface area contributed by atoms with E-state index < -0.39 is 64.2 Å².